The smallest absolute Gasteiger partial charge is 0.314 e. The first-order valence-corrected chi connectivity index (χ1v) is 10.1. The van der Waals surface area contributed by atoms with E-state index >= 15 is 0 Å². The number of hydrogen-bond donors (Lipinski definition) is 0. The topological polar surface area (TPSA) is 46.6 Å². The van der Waals surface area contributed by atoms with Crippen LogP contribution in [0.1, 0.15) is 22.5 Å². The van der Waals surface area contributed by atoms with E-state index in [1.807, 2.05) is 46.7 Å². The van der Waals surface area contributed by atoms with Crippen LogP contribution in [0.25, 0.3) is 10.8 Å². The van der Waals surface area contributed by atoms with Crippen LogP contribution in [0.4, 0.5) is 0 Å². The molecule has 0 radical (unpaired) electrons. The van der Waals surface area contributed by atoms with Crippen molar-refractivity contribution in [3.05, 3.63) is 63.8 Å². The number of carbonyl (C=O) groups excluding carboxylic acids is 2. The van der Waals surface area contributed by atoms with Crippen molar-refractivity contribution in [3.63, 3.8) is 0 Å². The summed E-state index contributed by atoms with van der Waals surface area (Å²) in [6.45, 7) is 1.13. The number of piperidine rings is 1. The highest BCUT2D eigenvalue weighted by molar-refractivity contribution is 7.12. The fourth-order valence-electron chi connectivity index (χ4n) is 3.39. The van der Waals surface area contributed by atoms with Crippen molar-refractivity contribution < 1.29 is 14.3 Å². The predicted molar refractivity (Wildman–Crippen MR) is 108 cm³/mol. The van der Waals surface area contributed by atoms with Gasteiger partial charge in [-0.15, -0.1) is 11.3 Å². The molecule has 0 atom stereocenters. The molecule has 1 aromatic heterocycles. The number of halogens is 1. The molecule has 0 bridgehead atoms. The molecule has 138 valence electrons. The summed E-state index contributed by atoms with van der Waals surface area (Å²) in [6, 6.07) is 14.8. The number of thiophene rings is 1. The first kappa shape index (κ1) is 18.0. The lowest BCUT2D eigenvalue weighted by molar-refractivity contribution is -0.140. The average Bonchev–Trinajstić information content (AvgIpc) is 3.25. The second kappa shape index (κ2) is 7.71. The van der Waals surface area contributed by atoms with Crippen molar-refractivity contribution in [1.29, 1.82) is 0 Å². The van der Waals surface area contributed by atoms with E-state index in [-0.39, 0.29) is 17.8 Å². The Bertz CT molecular complexity index is 978. The van der Waals surface area contributed by atoms with Gasteiger partial charge in [0, 0.05) is 28.9 Å². The minimum atomic E-state index is -0.245. The molecule has 0 unspecified atom stereocenters. The second-order valence-corrected chi connectivity index (χ2v) is 7.91. The van der Waals surface area contributed by atoms with Gasteiger partial charge in [-0.05, 0) is 36.4 Å². The molecule has 3 aromatic rings. The largest absolute Gasteiger partial charge is 0.426 e. The summed E-state index contributed by atoms with van der Waals surface area (Å²) < 4.78 is 5.69. The molecule has 1 aliphatic heterocycles. The van der Waals surface area contributed by atoms with Crippen molar-refractivity contribution >= 4 is 45.6 Å². The minimum Gasteiger partial charge on any atom is -0.426 e. The number of fused-ring (bicyclic) bond motifs is 1. The summed E-state index contributed by atoms with van der Waals surface area (Å²) in [5, 5.41) is 4.21. The molecule has 4 nitrogen and oxygen atoms in total. The SMILES string of the molecule is O=C(Oc1ccc(Cl)c2ccccc12)C1CCN(C(=O)c2cccs2)CC1. The molecule has 6 heteroatoms. The van der Waals surface area contributed by atoms with E-state index in [0.717, 1.165) is 15.6 Å². The van der Waals surface area contributed by atoms with Gasteiger partial charge >= 0.3 is 5.97 Å². The van der Waals surface area contributed by atoms with Crippen LogP contribution in [0.2, 0.25) is 5.02 Å². The molecular weight excluding hydrogens is 382 g/mol. The zero-order valence-corrected chi connectivity index (χ0v) is 16.1. The van der Waals surface area contributed by atoms with Crippen molar-refractivity contribution in [2.75, 3.05) is 13.1 Å². The van der Waals surface area contributed by atoms with Gasteiger partial charge in [0.15, 0.2) is 0 Å². The van der Waals surface area contributed by atoms with Crippen LogP contribution >= 0.6 is 22.9 Å². The van der Waals surface area contributed by atoms with Crippen LogP contribution < -0.4 is 4.74 Å². The molecule has 0 saturated carbocycles. The van der Waals surface area contributed by atoms with Crippen LogP contribution in [0, 0.1) is 5.92 Å². The molecule has 27 heavy (non-hydrogen) atoms. The molecule has 1 aliphatic rings. The number of hydrogen-bond acceptors (Lipinski definition) is 4. The van der Waals surface area contributed by atoms with Crippen LogP contribution in [0.15, 0.2) is 53.9 Å². The summed E-state index contributed by atoms with van der Waals surface area (Å²) in [5.41, 5.74) is 0. The van der Waals surface area contributed by atoms with Gasteiger partial charge in [-0.1, -0.05) is 41.9 Å². The van der Waals surface area contributed by atoms with Gasteiger partial charge in [0.1, 0.15) is 5.75 Å². The number of rotatable bonds is 3. The van der Waals surface area contributed by atoms with E-state index in [9.17, 15) is 9.59 Å². The molecular formula is C21H18ClNO3S. The Kier molecular flexibility index (Phi) is 5.14. The van der Waals surface area contributed by atoms with E-state index in [2.05, 4.69) is 0 Å². The van der Waals surface area contributed by atoms with Crippen LogP contribution in [0.5, 0.6) is 5.75 Å². The fourth-order valence-corrected chi connectivity index (χ4v) is 4.31. The maximum Gasteiger partial charge on any atom is 0.314 e. The number of amides is 1. The summed E-state index contributed by atoms with van der Waals surface area (Å²) in [7, 11) is 0. The van der Waals surface area contributed by atoms with Gasteiger partial charge in [0.2, 0.25) is 0 Å². The zero-order valence-electron chi connectivity index (χ0n) is 14.6. The number of ether oxygens (including phenoxy) is 1. The third-order valence-corrected chi connectivity index (χ3v) is 6.08. The summed E-state index contributed by atoms with van der Waals surface area (Å²) in [6.07, 6.45) is 1.23. The summed E-state index contributed by atoms with van der Waals surface area (Å²) >= 11 is 7.67. The maximum atomic E-state index is 12.6. The fraction of sp³-hybridized carbons (Fsp3) is 0.238. The van der Waals surface area contributed by atoms with Gasteiger partial charge in [-0.3, -0.25) is 9.59 Å². The van der Waals surface area contributed by atoms with Crippen molar-refractivity contribution in [2.45, 2.75) is 12.8 Å². The minimum absolute atomic E-state index is 0.0421. The molecule has 1 amide bonds. The lowest BCUT2D eigenvalue weighted by atomic mass is 9.97. The summed E-state index contributed by atoms with van der Waals surface area (Å²) in [4.78, 5) is 27.6. The van der Waals surface area contributed by atoms with Gasteiger partial charge in [-0.25, -0.2) is 0 Å². The predicted octanol–water partition coefficient (Wildman–Crippen LogP) is 5.01. The highest BCUT2D eigenvalue weighted by atomic mass is 35.5. The zero-order chi connectivity index (χ0) is 18.8. The van der Waals surface area contributed by atoms with Crippen molar-refractivity contribution in [3.8, 4) is 5.75 Å². The van der Waals surface area contributed by atoms with E-state index in [1.165, 1.54) is 11.3 Å². The molecule has 1 saturated heterocycles. The van der Waals surface area contributed by atoms with Gasteiger partial charge in [0.05, 0.1) is 10.8 Å². The Hall–Kier alpha value is -2.37. The molecule has 0 N–H and O–H groups in total. The monoisotopic (exact) mass is 399 g/mol. The first-order chi connectivity index (χ1) is 13.1. The number of nitrogens with zero attached hydrogens (tertiary/aromatic N) is 1. The highest BCUT2D eigenvalue weighted by Crippen LogP contribution is 2.32. The quantitative estimate of drug-likeness (QED) is 0.459. The van der Waals surface area contributed by atoms with Crippen LogP contribution in [0.3, 0.4) is 0 Å². The lowest BCUT2D eigenvalue weighted by Crippen LogP contribution is -2.40. The highest BCUT2D eigenvalue weighted by Gasteiger charge is 2.29. The third-order valence-electron chi connectivity index (χ3n) is 4.89. The Balaban J connectivity index is 1.42. The van der Waals surface area contributed by atoms with Gasteiger partial charge in [0.25, 0.3) is 5.91 Å². The number of benzene rings is 2. The molecule has 2 heterocycles. The number of esters is 1. The van der Waals surface area contributed by atoms with Crippen molar-refractivity contribution in [2.24, 2.45) is 5.92 Å². The number of likely N-dealkylation sites (tertiary alicyclic amines) is 1. The first-order valence-electron chi connectivity index (χ1n) is 8.85. The Morgan fingerprint density at radius 3 is 2.44 bits per heavy atom. The maximum absolute atomic E-state index is 12.6. The second-order valence-electron chi connectivity index (χ2n) is 6.56. The van der Waals surface area contributed by atoms with E-state index in [4.69, 9.17) is 16.3 Å². The Morgan fingerprint density at radius 2 is 1.74 bits per heavy atom. The van der Waals surface area contributed by atoms with E-state index in [1.54, 1.807) is 12.1 Å². The number of carbonyl (C=O) groups is 2. The standard InChI is InChI=1S/C21H18ClNO3S/c22-17-7-8-18(16-5-2-1-4-15(16)17)26-21(25)14-9-11-23(12-10-14)20(24)19-6-3-13-27-19/h1-8,13-14H,9-12H2. The molecule has 0 aliphatic carbocycles. The van der Waals surface area contributed by atoms with E-state index in [0.29, 0.717) is 36.7 Å². The van der Waals surface area contributed by atoms with Crippen LogP contribution in [-0.2, 0) is 4.79 Å². The van der Waals surface area contributed by atoms with Gasteiger partial charge in [-0.2, -0.15) is 0 Å². The molecule has 2 aromatic carbocycles. The Labute approximate surface area is 166 Å². The van der Waals surface area contributed by atoms with E-state index < -0.39 is 0 Å². The Morgan fingerprint density at radius 1 is 1.00 bits per heavy atom. The summed E-state index contributed by atoms with van der Waals surface area (Å²) in [5.74, 6) is 0.120. The normalized spacial score (nSPS) is 15.1. The molecule has 0 spiro atoms. The third kappa shape index (κ3) is 3.70. The average molecular weight is 400 g/mol. The van der Waals surface area contributed by atoms with Crippen LogP contribution in [-0.4, -0.2) is 29.9 Å². The molecule has 1 fully saturated rings. The molecule has 4 rings (SSSR count). The van der Waals surface area contributed by atoms with Gasteiger partial charge < -0.3 is 9.64 Å². The lowest BCUT2D eigenvalue weighted by Gasteiger charge is -2.30. The van der Waals surface area contributed by atoms with Crippen molar-refractivity contribution in [1.82, 2.24) is 4.90 Å².